The molecule has 2 aromatic rings. The summed E-state index contributed by atoms with van der Waals surface area (Å²) in [6.45, 7) is 1.67. The number of aryl methyl sites for hydroxylation is 1. The lowest BCUT2D eigenvalue weighted by Crippen LogP contribution is -2.13. The number of ether oxygens (including phenoxy) is 1. The molecule has 0 aliphatic heterocycles. The van der Waals surface area contributed by atoms with E-state index in [1.165, 1.54) is 12.1 Å². The van der Waals surface area contributed by atoms with Gasteiger partial charge in [-0.2, -0.15) is 0 Å². The Morgan fingerprint density at radius 3 is 2.68 bits per heavy atom. The zero-order chi connectivity index (χ0) is 14.2. The molecule has 19 heavy (non-hydrogen) atoms. The first-order valence-electron chi connectivity index (χ1n) is 5.35. The number of carbonyl (C=O) groups is 1. The molecule has 1 N–H and O–H groups in total. The van der Waals surface area contributed by atoms with E-state index >= 15 is 0 Å². The number of benzene rings is 1. The van der Waals surface area contributed by atoms with E-state index in [1.54, 1.807) is 6.92 Å². The molecule has 0 amide bonds. The van der Waals surface area contributed by atoms with E-state index in [0.717, 1.165) is 13.2 Å². The third-order valence-corrected chi connectivity index (χ3v) is 2.78. The molecular formula is C12H10N2O5. The number of nitro groups is 1. The molecule has 98 valence electrons. The first kappa shape index (κ1) is 12.7. The highest BCUT2D eigenvalue weighted by Crippen LogP contribution is 2.24. The van der Waals surface area contributed by atoms with Crippen LogP contribution in [0, 0.1) is 17.0 Å². The van der Waals surface area contributed by atoms with Crippen molar-refractivity contribution in [3.8, 4) is 0 Å². The van der Waals surface area contributed by atoms with Gasteiger partial charge >= 0.3 is 5.97 Å². The number of nitrogens with zero attached hydrogens (tertiary/aromatic N) is 1. The molecule has 0 spiro atoms. The number of esters is 1. The monoisotopic (exact) mass is 262 g/mol. The van der Waals surface area contributed by atoms with Crippen molar-refractivity contribution >= 4 is 22.6 Å². The van der Waals surface area contributed by atoms with Gasteiger partial charge in [-0.25, -0.2) is 4.79 Å². The van der Waals surface area contributed by atoms with Gasteiger partial charge in [0.2, 0.25) is 0 Å². The Morgan fingerprint density at radius 2 is 2.11 bits per heavy atom. The Bertz CT molecular complexity index is 748. The number of nitro benzene ring substituents is 1. The normalized spacial score (nSPS) is 10.4. The van der Waals surface area contributed by atoms with Crippen LogP contribution in [0.3, 0.4) is 0 Å². The molecule has 1 heterocycles. The number of aromatic amines is 1. The molecule has 0 atom stereocenters. The quantitative estimate of drug-likeness (QED) is 0.502. The fourth-order valence-electron chi connectivity index (χ4n) is 1.89. The summed E-state index contributed by atoms with van der Waals surface area (Å²) in [5, 5.41) is 11.2. The van der Waals surface area contributed by atoms with Crippen molar-refractivity contribution in [3.05, 3.63) is 49.8 Å². The van der Waals surface area contributed by atoms with Crippen LogP contribution < -0.4 is 5.43 Å². The highest BCUT2D eigenvalue weighted by atomic mass is 16.6. The Morgan fingerprint density at radius 1 is 1.42 bits per heavy atom. The summed E-state index contributed by atoms with van der Waals surface area (Å²) >= 11 is 0. The zero-order valence-electron chi connectivity index (χ0n) is 10.2. The van der Waals surface area contributed by atoms with Crippen molar-refractivity contribution in [1.29, 1.82) is 0 Å². The average Bonchev–Trinajstić information content (AvgIpc) is 2.37. The molecule has 0 fully saturated rings. The maximum atomic E-state index is 12.0. The second kappa shape index (κ2) is 4.52. The van der Waals surface area contributed by atoms with Crippen molar-refractivity contribution in [2.75, 3.05) is 7.11 Å². The molecule has 0 unspecified atom stereocenters. The lowest BCUT2D eigenvalue weighted by atomic mass is 10.1. The molecule has 2 rings (SSSR count). The minimum absolute atomic E-state index is 0.0258. The molecule has 7 heteroatoms. The minimum Gasteiger partial charge on any atom is -0.464 e. The van der Waals surface area contributed by atoms with Crippen LogP contribution >= 0.6 is 0 Å². The highest BCUT2D eigenvalue weighted by Gasteiger charge is 2.18. The predicted molar refractivity (Wildman–Crippen MR) is 67.3 cm³/mol. The van der Waals surface area contributed by atoms with E-state index in [4.69, 9.17) is 0 Å². The fraction of sp³-hybridized carbons (Fsp3) is 0.167. The first-order chi connectivity index (χ1) is 8.95. The van der Waals surface area contributed by atoms with Gasteiger partial charge in [-0.3, -0.25) is 14.9 Å². The number of non-ortho nitro benzene ring substituents is 1. The fourth-order valence-corrected chi connectivity index (χ4v) is 1.89. The Labute approximate surface area is 107 Å². The number of nitrogens with one attached hydrogen (secondary N) is 1. The number of aromatic nitrogens is 1. The van der Waals surface area contributed by atoms with Gasteiger partial charge in [0.25, 0.3) is 5.69 Å². The standard InChI is InChI=1S/C12H10N2O5/c1-6-3-4-8(14(17)18)11-10(6)9(15)5-7(13-11)12(16)19-2/h3-5H,1-2H3,(H,13,15). The molecule has 0 bridgehead atoms. The number of hydrogen-bond acceptors (Lipinski definition) is 5. The summed E-state index contributed by atoms with van der Waals surface area (Å²) in [4.78, 5) is 36.3. The van der Waals surface area contributed by atoms with E-state index in [2.05, 4.69) is 9.72 Å². The predicted octanol–water partition coefficient (Wildman–Crippen LogP) is 1.53. The van der Waals surface area contributed by atoms with Crippen molar-refractivity contribution in [1.82, 2.24) is 4.98 Å². The van der Waals surface area contributed by atoms with E-state index in [9.17, 15) is 19.7 Å². The Kier molecular flexibility index (Phi) is 3.04. The van der Waals surface area contributed by atoms with Crippen LogP contribution in [-0.2, 0) is 4.74 Å². The van der Waals surface area contributed by atoms with E-state index in [-0.39, 0.29) is 22.3 Å². The molecule has 1 aromatic heterocycles. The third kappa shape index (κ3) is 2.05. The van der Waals surface area contributed by atoms with E-state index in [0.29, 0.717) is 5.56 Å². The van der Waals surface area contributed by atoms with Gasteiger partial charge in [0.15, 0.2) is 5.43 Å². The molecule has 0 saturated heterocycles. The molecular weight excluding hydrogens is 252 g/mol. The number of H-pyrrole nitrogens is 1. The zero-order valence-corrected chi connectivity index (χ0v) is 10.2. The summed E-state index contributed by atoms with van der Waals surface area (Å²) in [7, 11) is 1.16. The van der Waals surface area contributed by atoms with Crippen LogP contribution in [0.1, 0.15) is 16.1 Å². The second-order valence-corrected chi connectivity index (χ2v) is 3.95. The van der Waals surface area contributed by atoms with Gasteiger partial charge in [-0.05, 0) is 12.5 Å². The average molecular weight is 262 g/mol. The largest absolute Gasteiger partial charge is 0.464 e. The van der Waals surface area contributed by atoms with E-state index in [1.807, 2.05) is 0 Å². The number of hydrogen-bond donors (Lipinski definition) is 1. The van der Waals surface area contributed by atoms with E-state index < -0.39 is 16.3 Å². The SMILES string of the molecule is COC(=O)c1cc(=O)c2c(C)ccc([N+](=O)[O-])c2[nH]1. The van der Waals surface area contributed by atoms with Gasteiger partial charge in [-0.15, -0.1) is 0 Å². The van der Waals surface area contributed by atoms with Crippen molar-refractivity contribution in [3.63, 3.8) is 0 Å². The van der Waals surface area contributed by atoms with Crippen molar-refractivity contribution in [2.45, 2.75) is 6.92 Å². The maximum Gasteiger partial charge on any atom is 0.354 e. The molecule has 0 saturated carbocycles. The first-order valence-corrected chi connectivity index (χ1v) is 5.35. The van der Waals surface area contributed by atoms with Crippen LogP contribution in [-0.4, -0.2) is 23.0 Å². The Balaban J connectivity index is 2.92. The minimum atomic E-state index is -0.755. The number of carbonyl (C=O) groups excluding carboxylic acids is 1. The lowest BCUT2D eigenvalue weighted by Gasteiger charge is -2.05. The second-order valence-electron chi connectivity index (χ2n) is 3.95. The Hall–Kier alpha value is -2.70. The van der Waals surface area contributed by atoms with Crippen LogP contribution in [0.2, 0.25) is 0 Å². The van der Waals surface area contributed by atoms with Crippen LogP contribution in [0.25, 0.3) is 10.9 Å². The molecule has 0 aliphatic carbocycles. The van der Waals surface area contributed by atoms with Gasteiger partial charge in [0, 0.05) is 12.1 Å². The molecule has 0 aliphatic rings. The van der Waals surface area contributed by atoms with Crippen molar-refractivity contribution < 1.29 is 14.5 Å². The van der Waals surface area contributed by atoms with Crippen LogP contribution in [0.15, 0.2) is 23.0 Å². The summed E-state index contributed by atoms with van der Waals surface area (Å²) < 4.78 is 4.49. The smallest absolute Gasteiger partial charge is 0.354 e. The molecule has 0 radical (unpaired) electrons. The van der Waals surface area contributed by atoms with Crippen LogP contribution in [0.5, 0.6) is 0 Å². The third-order valence-electron chi connectivity index (χ3n) is 2.78. The van der Waals surface area contributed by atoms with Crippen LogP contribution in [0.4, 0.5) is 5.69 Å². The molecule has 1 aromatic carbocycles. The van der Waals surface area contributed by atoms with Gasteiger partial charge < -0.3 is 9.72 Å². The topological polar surface area (TPSA) is 102 Å². The molecule has 7 nitrogen and oxygen atoms in total. The summed E-state index contributed by atoms with van der Waals surface area (Å²) in [5.74, 6) is -0.755. The van der Waals surface area contributed by atoms with Gasteiger partial charge in [0.05, 0.1) is 17.4 Å². The van der Waals surface area contributed by atoms with Crippen molar-refractivity contribution in [2.24, 2.45) is 0 Å². The number of rotatable bonds is 2. The lowest BCUT2D eigenvalue weighted by molar-refractivity contribution is -0.383. The highest BCUT2D eigenvalue weighted by molar-refractivity contribution is 5.95. The summed E-state index contributed by atoms with van der Waals surface area (Å²) in [6.07, 6.45) is 0. The van der Waals surface area contributed by atoms with Gasteiger partial charge in [0.1, 0.15) is 11.2 Å². The van der Waals surface area contributed by atoms with Gasteiger partial charge in [-0.1, -0.05) is 6.07 Å². The number of fused-ring (bicyclic) bond motifs is 1. The summed E-state index contributed by atoms with van der Waals surface area (Å²) in [6, 6.07) is 3.85. The summed E-state index contributed by atoms with van der Waals surface area (Å²) in [5.41, 5.74) is -0.219. The maximum absolute atomic E-state index is 12.0. The number of pyridine rings is 1. The number of methoxy groups -OCH3 is 1.